The molecule has 0 saturated heterocycles. The highest BCUT2D eigenvalue weighted by molar-refractivity contribution is 7.89. The average Bonchev–Trinajstić information content (AvgIpc) is 2.91. The Labute approximate surface area is 219 Å². The largest absolute Gasteiger partial charge is 0.497 e. The van der Waals surface area contributed by atoms with Crippen LogP contribution in [0.15, 0.2) is 71.6 Å². The Morgan fingerprint density at radius 3 is 2.38 bits per heavy atom. The van der Waals surface area contributed by atoms with Crippen molar-refractivity contribution in [2.24, 2.45) is 0 Å². The van der Waals surface area contributed by atoms with Crippen LogP contribution in [0.4, 0.5) is 0 Å². The molecule has 9 heteroatoms. The first kappa shape index (κ1) is 28.1. The highest BCUT2D eigenvalue weighted by Crippen LogP contribution is 2.22. The van der Waals surface area contributed by atoms with Crippen molar-refractivity contribution in [3.8, 4) is 5.75 Å². The van der Waals surface area contributed by atoms with Gasteiger partial charge in [-0.25, -0.2) is 8.42 Å². The number of sulfonamides is 1. The van der Waals surface area contributed by atoms with Gasteiger partial charge in [0, 0.05) is 20.1 Å². The molecule has 0 heterocycles. The Kier molecular flexibility index (Phi) is 9.66. The maximum absolute atomic E-state index is 13.6. The molecule has 0 spiro atoms. The van der Waals surface area contributed by atoms with E-state index in [0.717, 1.165) is 27.1 Å². The van der Waals surface area contributed by atoms with Crippen molar-refractivity contribution in [2.45, 2.75) is 44.2 Å². The number of carbonyl (C=O) groups excluding carboxylic acids is 2. The number of hydrogen-bond donors (Lipinski definition) is 1. The Bertz CT molecular complexity index is 1340. The van der Waals surface area contributed by atoms with Crippen molar-refractivity contribution < 1.29 is 22.7 Å². The van der Waals surface area contributed by atoms with Gasteiger partial charge in [-0.15, -0.1) is 0 Å². The molecule has 37 heavy (non-hydrogen) atoms. The van der Waals surface area contributed by atoms with Crippen LogP contribution in [0.1, 0.15) is 32.3 Å². The summed E-state index contributed by atoms with van der Waals surface area (Å²) >= 11 is 0. The molecular weight excluding hydrogens is 490 g/mol. The second kappa shape index (κ2) is 12.7. The summed E-state index contributed by atoms with van der Waals surface area (Å²) in [5.41, 5.74) is 0.773. The molecule has 3 aromatic carbocycles. The topological polar surface area (TPSA) is 96.0 Å². The monoisotopic (exact) mass is 525 g/mol. The molecule has 1 unspecified atom stereocenters. The van der Waals surface area contributed by atoms with E-state index in [0.29, 0.717) is 18.7 Å². The van der Waals surface area contributed by atoms with E-state index >= 15 is 0 Å². The van der Waals surface area contributed by atoms with Gasteiger partial charge in [0.2, 0.25) is 21.8 Å². The van der Waals surface area contributed by atoms with Gasteiger partial charge in [-0.05, 0) is 53.4 Å². The highest BCUT2D eigenvalue weighted by Gasteiger charge is 2.31. The zero-order valence-corrected chi connectivity index (χ0v) is 22.6. The maximum atomic E-state index is 13.6. The van der Waals surface area contributed by atoms with Crippen LogP contribution in [0.3, 0.4) is 0 Å². The van der Waals surface area contributed by atoms with Crippen molar-refractivity contribution in [3.05, 3.63) is 72.3 Å². The number of rotatable bonds is 12. The fourth-order valence-corrected chi connectivity index (χ4v) is 5.28. The maximum Gasteiger partial charge on any atom is 0.243 e. The summed E-state index contributed by atoms with van der Waals surface area (Å²) in [6, 6.07) is 18.9. The summed E-state index contributed by atoms with van der Waals surface area (Å²) in [4.78, 5) is 28.1. The molecule has 8 nitrogen and oxygen atoms in total. The van der Waals surface area contributed by atoms with Crippen molar-refractivity contribution in [1.82, 2.24) is 14.5 Å². The molecular formula is C28H35N3O5S. The summed E-state index contributed by atoms with van der Waals surface area (Å²) in [6.07, 6.45) is 1.14. The standard InChI is InChI=1S/C28H35N3O5S/c1-5-16-29-28(33)26(6-2)31(19-21-10-9-13-24(17-21)36-4)27(32)20-30(3)37(34,35)25-15-14-22-11-7-8-12-23(22)18-25/h7-15,17-18,26H,5-6,16,19-20H2,1-4H3,(H,29,33). The average molecular weight is 526 g/mol. The van der Waals surface area contributed by atoms with Crippen LogP contribution < -0.4 is 10.1 Å². The number of methoxy groups -OCH3 is 1. The van der Waals surface area contributed by atoms with Crippen LogP contribution in [0.2, 0.25) is 0 Å². The van der Waals surface area contributed by atoms with Gasteiger partial charge >= 0.3 is 0 Å². The Morgan fingerprint density at radius 1 is 0.973 bits per heavy atom. The summed E-state index contributed by atoms with van der Waals surface area (Å²) in [5, 5.41) is 4.58. The third-order valence-electron chi connectivity index (χ3n) is 6.21. The normalized spacial score (nSPS) is 12.4. The quantitative estimate of drug-likeness (QED) is 0.388. The van der Waals surface area contributed by atoms with E-state index in [-0.39, 0.29) is 17.3 Å². The zero-order valence-electron chi connectivity index (χ0n) is 21.8. The van der Waals surface area contributed by atoms with E-state index in [1.807, 2.05) is 50.2 Å². The van der Waals surface area contributed by atoms with Crippen molar-refractivity contribution in [3.63, 3.8) is 0 Å². The van der Waals surface area contributed by atoms with Crippen molar-refractivity contribution in [2.75, 3.05) is 27.2 Å². The van der Waals surface area contributed by atoms with Gasteiger partial charge in [-0.2, -0.15) is 4.31 Å². The molecule has 0 fully saturated rings. The molecule has 2 amide bonds. The molecule has 0 saturated carbocycles. The first-order chi connectivity index (χ1) is 17.7. The molecule has 1 N–H and O–H groups in total. The van der Waals surface area contributed by atoms with Gasteiger partial charge in [0.05, 0.1) is 18.6 Å². The Hall–Kier alpha value is -3.43. The first-order valence-electron chi connectivity index (χ1n) is 12.4. The van der Waals surface area contributed by atoms with E-state index in [4.69, 9.17) is 4.74 Å². The van der Waals surface area contributed by atoms with E-state index in [9.17, 15) is 18.0 Å². The van der Waals surface area contributed by atoms with Gasteiger partial charge in [0.15, 0.2) is 0 Å². The van der Waals surface area contributed by atoms with E-state index in [1.54, 1.807) is 37.4 Å². The fraction of sp³-hybridized carbons (Fsp3) is 0.357. The van der Waals surface area contributed by atoms with Crippen molar-refractivity contribution >= 4 is 32.6 Å². The van der Waals surface area contributed by atoms with Gasteiger partial charge < -0.3 is 15.0 Å². The summed E-state index contributed by atoms with van der Waals surface area (Å²) in [7, 11) is -1.01. The molecule has 0 radical (unpaired) electrons. The fourth-order valence-electron chi connectivity index (χ4n) is 4.13. The molecule has 0 aliphatic heterocycles. The molecule has 0 aliphatic rings. The number of amides is 2. The second-order valence-corrected chi connectivity index (χ2v) is 10.9. The van der Waals surface area contributed by atoms with E-state index < -0.39 is 28.5 Å². The smallest absolute Gasteiger partial charge is 0.243 e. The number of carbonyl (C=O) groups is 2. The molecule has 198 valence electrons. The minimum atomic E-state index is -3.94. The second-order valence-electron chi connectivity index (χ2n) is 8.86. The SMILES string of the molecule is CCCNC(=O)C(CC)N(Cc1cccc(OC)c1)C(=O)CN(C)S(=O)(=O)c1ccc2ccccc2c1. The van der Waals surface area contributed by atoms with Crippen LogP contribution in [0.5, 0.6) is 5.75 Å². The minimum Gasteiger partial charge on any atom is -0.497 e. The summed E-state index contributed by atoms with van der Waals surface area (Å²) in [5.74, 6) is -0.0989. The number of nitrogens with one attached hydrogen (secondary N) is 1. The van der Waals surface area contributed by atoms with Crippen LogP contribution in [0, 0.1) is 0 Å². The Morgan fingerprint density at radius 2 is 1.70 bits per heavy atom. The van der Waals surface area contributed by atoms with Gasteiger partial charge in [0.25, 0.3) is 0 Å². The predicted molar refractivity (Wildman–Crippen MR) is 145 cm³/mol. The first-order valence-corrected chi connectivity index (χ1v) is 13.8. The zero-order chi connectivity index (χ0) is 27.0. The predicted octanol–water partition coefficient (Wildman–Crippen LogP) is 3.80. The minimum absolute atomic E-state index is 0.105. The number of likely N-dealkylation sites (N-methyl/N-ethyl adjacent to an activating group) is 1. The highest BCUT2D eigenvalue weighted by atomic mass is 32.2. The molecule has 1 atom stereocenters. The van der Waals surface area contributed by atoms with Crippen molar-refractivity contribution in [1.29, 1.82) is 0 Å². The number of nitrogens with zero attached hydrogens (tertiary/aromatic N) is 2. The number of hydrogen-bond acceptors (Lipinski definition) is 5. The van der Waals surface area contributed by atoms with Gasteiger partial charge in [-0.1, -0.05) is 56.3 Å². The molecule has 0 aliphatic carbocycles. The lowest BCUT2D eigenvalue weighted by molar-refractivity contribution is -0.141. The number of ether oxygens (including phenoxy) is 1. The molecule has 0 aromatic heterocycles. The van der Waals surface area contributed by atoms with Crippen LogP contribution >= 0.6 is 0 Å². The lowest BCUT2D eigenvalue weighted by atomic mass is 10.1. The van der Waals surface area contributed by atoms with Crippen LogP contribution in [-0.2, 0) is 26.2 Å². The molecule has 0 bridgehead atoms. The lowest BCUT2D eigenvalue weighted by Gasteiger charge is -2.32. The van der Waals surface area contributed by atoms with Gasteiger partial charge in [-0.3, -0.25) is 9.59 Å². The number of benzene rings is 3. The third kappa shape index (κ3) is 6.87. The number of fused-ring (bicyclic) bond motifs is 1. The van der Waals surface area contributed by atoms with Crippen LogP contribution in [0.25, 0.3) is 10.8 Å². The summed E-state index contributed by atoms with van der Waals surface area (Å²) < 4.78 is 33.0. The molecule has 3 rings (SSSR count). The van der Waals surface area contributed by atoms with E-state index in [2.05, 4.69) is 5.32 Å². The van der Waals surface area contributed by atoms with Gasteiger partial charge in [0.1, 0.15) is 11.8 Å². The molecule has 3 aromatic rings. The lowest BCUT2D eigenvalue weighted by Crippen LogP contribution is -2.51. The van der Waals surface area contributed by atoms with Crippen LogP contribution in [-0.4, -0.2) is 62.7 Å². The summed E-state index contributed by atoms with van der Waals surface area (Å²) in [6.45, 7) is 4.01. The third-order valence-corrected chi connectivity index (χ3v) is 8.01. The Balaban J connectivity index is 1.88. The van der Waals surface area contributed by atoms with E-state index in [1.165, 1.54) is 11.9 Å².